The second-order valence-corrected chi connectivity index (χ2v) is 3.68. The summed E-state index contributed by atoms with van der Waals surface area (Å²) in [6, 6.07) is 9.85. The third-order valence-electron chi connectivity index (χ3n) is 2.29. The lowest BCUT2D eigenvalue weighted by Gasteiger charge is -2.06. The van der Waals surface area contributed by atoms with Crippen molar-refractivity contribution in [1.82, 2.24) is 0 Å². The second-order valence-electron chi connectivity index (χ2n) is 3.68. The molecule has 0 unspecified atom stereocenters. The van der Waals surface area contributed by atoms with E-state index in [1.807, 2.05) is 30.3 Å². The van der Waals surface area contributed by atoms with Crippen LogP contribution in [0.5, 0.6) is 5.75 Å². The molecule has 0 spiro atoms. The Morgan fingerprint density at radius 2 is 1.86 bits per heavy atom. The van der Waals surface area contributed by atoms with Crippen LogP contribution in [0.4, 0.5) is 0 Å². The molecule has 2 heteroatoms. The van der Waals surface area contributed by atoms with E-state index in [1.54, 1.807) is 0 Å². The molecule has 0 amide bonds. The molecule has 0 aromatic heterocycles. The summed E-state index contributed by atoms with van der Waals surface area (Å²) < 4.78 is 10.9. The van der Waals surface area contributed by atoms with Crippen molar-refractivity contribution in [2.75, 3.05) is 19.8 Å². The van der Waals surface area contributed by atoms with Crippen molar-refractivity contribution in [3.63, 3.8) is 0 Å². The van der Waals surface area contributed by atoms with Crippen molar-refractivity contribution in [2.45, 2.75) is 12.8 Å². The summed E-state index contributed by atoms with van der Waals surface area (Å²) in [6.45, 7) is 2.26. The topological polar surface area (TPSA) is 18.5 Å². The second kappa shape index (κ2) is 5.01. The Balaban J connectivity index is 1.54. The number of ether oxygens (including phenoxy) is 2. The summed E-state index contributed by atoms with van der Waals surface area (Å²) in [5.74, 6) is 1.76. The highest BCUT2D eigenvalue weighted by molar-refractivity contribution is 5.20. The molecule has 2 nitrogen and oxygen atoms in total. The first-order valence-corrected chi connectivity index (χ1v) is 5.21. The molecule has 14 heavy (non-hydrogen) atoms. The van der Waals surface area contributed by atoms with Crippen LogP contribution in [-0.4, -0.2) is 19.8 Å². The zero-order chi connectivity index (χ0) is 9.64. The largest absolute Gasteiger partial charge is 0.491 e. The number of para-hydroxylation sites is 1. The Morgan fingerprint density at radius 1 is 1.07 bits per heavy atom. The molecule has 1 saturated carbocycles. The smallest absolute Gasteiger partial charge is 0.119 e. The van der Waals surface area contributed by atoms with Crippen molar-refractivity contribution in [2.24, 2.45) is 5.92 Å². The Hall–Kier alpha value is -1.02. The average Bonchev–Trinajstić information content (AvgIpc) is 3.03. The van der Waals surface area contributed by atoms with Gasteiger partial charge in [0.05, 0.1) is 6.61 Å². The van der Waals surface area contributed by atoms with E-state index in [9.17, 15) is 0 Å². The van der Waals surface area contributed by atoms with Gasteiger partial charge in [-0.15, -0.1) is 0 Å². The molecule has 0 aliphatic heterocycles. The van der Waals surface area contributed by atoms with E-state index in [0.29, 0.717) is 13.2 Å². The lowest BCUT2D eigenvalue weighted by atomic mass is 10.3. The number of hydrogen-bond acceptors (Lipinski definition) is 2. The predicted octanol–water partition coefficient (Wildman–Crippen LogP) is 2.49. The first-order chi connectivity index (χ1) is 6.95. The Bertz CT molecular complexity index is 254. The van der Waals surface area contributed by atoms with Crippen molar-refractivity contribution in [3.8, 4) is 5.75 Å². The quantitative estimate of drug-likeness (QED) is 0.645. The molecule has 0 saturated heterocycles. The molecule has 2 rings (SSSR count). The standard InChI is InChI=1S/C12H16O2/c1-2-4-12(5-3-1)14-9-8-13-10-11-6-7-11/h1-5,11H,6-10H2. The summed E-state index contributed by atoms with van der Waals surface area (Å²) in [6.07, 6.45) is 2.69. The summed E-state index contributed by atoms with van der Waals surface area (Å²) in [5.41, 5.74) is 0. The van der Waals surface area contributed by atoms with Gasteiger partial charge in [-0.05, 0) is 30.9 Å². The Labute approximate surface area is 84.8 Å². The molecular formula is C12H16O2. The molecule has 76 valence electrons. The molecule has 1 aliphatic rings. The van der Waals surface area contributed by atoms with E-state index in [1.165, 1.54) is 12.8 Å². The normalized spacial score (nSPS) is 15.4. The highest BCUT2D eigenvalue weighted by Gasteiger charge is 2.20. The van der Waals surface area contributed by atoms with E-state index in [4.69, 9.17) is 9.47 Å². The zero-order valence-electron chi connectivity index (χ0n) is 8.32. The fraction of sp³-hybridized carbons (Fsp3) is 0.500. The molecule has 1 fully saturated rings. The molecular weight excluding hydrogens is 176 g/mol. The van der Waals surface area contributed by atoms with Gasteiger partial charge in [-0.25, -0.2) is 0 Å². The van der Waals surface area contributed by atoms with Gasteiger partial charge in [0.15, 0.2) is 0 Å². The molecule has 1 aliphatic carbocycles. The van der Waals surface area contributed by atoms with Crippen LogP contribution in [0.2, 0.25) is 0 Å². The number of benzene rings is 1. The molecule has 0 heterocycles. The van der Waals surface area contributed by atoms with Gasteiger partial charge in [0.25, 0.3) is 0 Å². The Morgan fingerprint density at radius 3 is 2.57 bits per heavy atom. The first kappa shape index (κ1) is 9.53. The van der Waals surface area contributed by atoms with Crippen LogP contribution in [0, 0.1) is 5.92 Å². The molecule has 1 aromatic carbocycles. The van der Waals surface area contributed by atoms with E-state index in [-0.39, 0.29) is 0 Å². The van der Waals surface area contributed by atoms with Crippen molar-refractivity contribution in [1.29, 1.82) is 0 Å². The van der Waals surface area contributed by atoms with Gasteiger partial charge in [-0.1, -0.05) is 18.2 Å². The van der Waals surface area contributed by atoms with Crippen LogP contribution in [0.25, 0.3) is 0 Å². The third kappa shape index (κ3) is 3.38. The van der Waals surface area contributed by atoms with Gasteiger partial charge in [-0.3, -0.25) is 0 Å². The lowest BCUT2D eigenvalue weighted by molar-refractivity contribution is 0.0927. The lowest BCUT2D eigenvalue weighted by Crippen LogP contribution is -2.08. The van der Waals surface area contributed by atoms with Gasteiger partial charge < -0.3 is 9.47 Å². The molecule has 0 bridgehead atoms. The molecule has 0 atom stereocenters. The van der Waals surface area contributed by atoms with E-state index in [0.717, 1.165) is 18.3 Å². The maximum absolute atomic E-state index is 5.48. The summed E-state index contributed by atoms with van der Waals surface area (Å²) in [7, 11) is 0. The molecule has 0 N–H and O–H groups in total. The maximum Gasteiger partial charge on any atom is 0.119 e. The fourth-order valence-electron chi connectivity index (χ4n) is 1.27. The minimum absolute atomic E-state index is 0.650. The third-order valence-corrected chi connectivity index (χ3v) is 2.29. The van der Waals surface area contributed by atoms with Crippen LogP contribution in [0.1, 0.15) is 12.8 Å². The van der Waals surface area contributed by atoms with Gasteiger partial charge in [0.1, 0.15) is 12.4 Å². The highest BCUT2D eigenvalue weighted by Crippen LogP contribution is 2.28. The van der Waals surface area contributed by atoms with Gasteiger partial charge in [0, 0.05) is 6.61 Å². The molecule has 1 aromatic rings. The first-order valence-electron chi connectivity index (χ1n) is 5.21. The van der Waals surface area contributed by atoms with E-state index in [2.05, 4.69) is 0 Å². The predicted molar refractivity (Wildman–Crippen MR) is 55.5 cm³/mol. The van der Waals surface area contributed by atoms with Gasteiger partial charge in [-0.2, -0.15) is 0 Å². The number of rotatable bonds is 6. The van der Waals surface area contributed by atoms with Crippen LogP contribution < -0.4 is 4.74 Å². The van der Waals surface area contributed by atoms with Gasteiger partial charge in [0.2, 0.25) is 0 Å². The van der Waals surface area contributed by atoms with Crippen LogP contribution in [-0.2, 0) is 4.74 Å². The Kier molecular flexibility index (Phi) is 3.41. The molecule has 0 radical (unpaired) electrons. The zero-order valence-corrected chi connectivity index (χ0v) is 8.32. The van der Waals surface area contributed by atoms with Crippen LogP contribution in [0.3, 0.4) is 0 Å². The average molecular weight is 192 g/mol. The van der Waals surface area contributed by atoms with E-state index >= 15 is 0 Å². The number of hydrogen-bond donors (Lipinski definition) is 0. The van der Waals surface area contributed by atoms with Crippen molar-refractivity contribution < 1.29 is 9.47 Å². The monoisotopic (exact) mass is 192 g/mol. The SMILES string of the molecule is c1ccc(OCCOCC2CC2)cc1. The van der Waals surface area contributed by atoms with Crippen molar-refractivity contribution in [3.05, 3.63) is 30.3 Å². The minimum atomic E-state index is 0.650. The maximum atomic E-state index is 5.48. The fourth-order valence-corrected chi connectivity index (χ4v) is 1.27. The van der Waals surface area contributed by atoms with Crippen LogP contribution >= 0.6 is 0 Å². The summed E-state index contributed by atoms with van der Waals surface area (Å²) in [5, 5.41) is 0. The van der Waals surface area contributed by atoms with Crippen molar-refractivity contribution >= 4 is 0 Å². The highest BCUT2D eigenvalue weighted by atomic mass is 16.5. The van der Waals surface area contributed by atoms with Crippen LogP contribution in [0.15, 0.2) is 30.3 Å². The minimum Gasteiger partial charge on any atom is -0.491 e. The van der Waals surface area contributed by atoms with Gasteiger partial charge >= 0.3 is 0 Å². The summed E-state index contributed by atoms with van der Waals surface area (Å²) >= 11 is 0. The van der Waals surface area contributed by atoms with E-state index < -0.39 is 0 Å². The summed E-state index contributed by atoms with van der Waals surface area (Å²) in [4.78, 5) is 0.